The smallest absolute Gasteiger partial charge is 0.306 e. The van der Waals surface area contributed by atoms with E-state index < -0.39 is 0 Å². The van der Waals surface area contributed by atoms with E-state index in [0.717, 1.165) is 71.0 Å². The molecule has 0 radical (unpaired) electrons. The number of hydrogen-bond acceptors (Lipinski definition) is 6. The number of hydrogen-bond donors (Lipinski definition) is 1. The first-order valence-corrected chi connectivity index (χ1v) is 26.2. The summed E-state index contributed by atoms with van der Waals surface area (Å²) in [6, 6.07) is 1.20. The summed E-state index contributed by atoms with van der Waals surface area (Å²) >= 11 is 0. The molecule has 1 saturated heterocycles. The van der Waals surface area contributed by atoms with Gasteiger partial charge in [0.05, 0.1) is 6.61 Å². The van der Waals surface area contributed by atoms with Gasteiger partial charge in [-0.15, -0.1) is 0 Å². The minimum absolute atomic E-state index is 0.000813. The summed E-state index contributed by atoms with van der Waals surface area (Å²) in [5.74, 6) is 0.740. The van der Waals surface area contributed by atoms with Crippen molar-refractivity contribution in [1.82, 2.24) is 5.32 Å². The molecule has 6 nitrogen and oxygen atoms in total. The Morgan fingerprint density at radius 2 is 0.948 bits per heavy atom. The van der Waals surface area contributed by atoms with Crippen LogP contribution in [-0.4, -0.2) is 49.9 Å². The Morgan fingerprint density at radius 1 is 0.517 bits per heavy atom. The molecule has 0 bridgehead atoms. The van der Waals surface area contributed by atoms with Crippen molar-refractivity contribution in [3.05, 3.63) is 0 Å². The largest absolute Gasteiger partial charge is 0.466 e. The molecule has 1 N–H and O–H groups in total. The number of unbranched alkanes of at least 4 members (excludes halogenated alkanes) is 21. The molecule has 0 spiro atoms. The van der Waals surface area contributed by atoms with Crippen molar-refractivity contribution in [2.75, 3.05) is 19.8 Å². The molecule has 0 aromatic carbocycles. The molecule has 58 heavy (non-hydrogen) atoms. The second-order valence-electron chi connectivity index (χ2n) is 18.4. The van der Waals surface area contributed by atoms with Crippen LogP contribution in [0.4, 0.5) is 0 Å². The summed E-state index contributed by atoms with van der Waals surface area (Å²) in [7, 11) is 0. The van der Waals surface area contributed by atoms with E-state index in [1.54, 1.807) is 0 Å². The summed E-state index contributed by atoms with van der Waals surface area (Å²) in [4.78, 5) is 25.2. The van der Waals surface area contributed by atoms with E-state index in [4.69, 9.17) is 14.2 Å². The van der Waals surface area contributed by atoms with Crippen molar-refractivity contribution < 1.29 is 23.8 Å². The van der Waals surface area contributed by atoms with Gasteiger partial charge in [-0.05, 0) is 89.4 Å². The monoisotopic (exact) mass is 820 g/mol. The number of ether oxygens (including phenoxy) is 3. The van der Waals surface area contributed by atoms with Crippen LogP contribution < -0.4 is 5.32 Å². The van der Waals surface area contributed by atoms with E-state index in [0.29, 0.717) is 37.5 Å². The van der Waals surface area contributed by atoms with E-state index in [2.05, 4.69) is 33.0 Å². The Morgan fingerprint density at radius 3 is 1.47 bits per heavy atom. The zero-order valence-electron chi connectivity index (χ0n) is 39.5. The fourth-order valence-electron chi connectivity index (χ4n) is 8.94. The maximum atomic E-state index is 12.9. The van der Waals surface area contributed by atoms with E-state index >= 15 is 0 Å². The highest BCUT2D eigenvalue weighted by molar-refractivity contribution is 5.69. The Bertz CT molecular complexity index is 858. The first-order valence-electron chi connectivity index (χ1n) is 26.2. The highest BCUT2D eigenvalue weighted by Crippen LogP contribution is 2.21. The fraction of sp³-hybridized carbons (Fsp3) is 0.962. The molecule has 1 aliphatic rings. The average Bonchev–Trinajstić information content (AvgIpc) is 3.21. The highest BCUT2D eigenvalue weighted by Gasteiger charge is 2.18. The van der Waals surface area contributed by atoms with Gasteiger partial charge < -0.3 is 19.5 Å². The standard InChI is InChI=1S/C52H101NO5/c1-5-9-12-15-21-28-39-50(40-29-22-16-13-10-6-2)58-52(55)42-31-24-18-20-27-36-48(53-49-37-32-44-56-45-33-38-49)35-26-19-17-23-30-41-51(54)57-46-43-47(8-4)34-25-14-11-7-3/h47-50,53H,5-46H2,1-4H3. The molecule has 0 amide bonds. The molecule has 344 valence electrons. The fourth-order valence-corrected chi connectivity index (χ4v) is 8.94. The lowest BCUT2D eigenvalue weighted by Gasteiger charge is -2.27. The van der Waals surface area contributed by atoms with Crippen LogP contribution in [0.1, 0.15) is 278 Å². The van der Waals surface area contributed by atoms with Crippen LogP contribution in [0.15, 0.2) is 0 Å². The van der Waals surface area contributed by atoms with Gasteiger partial charge in [-0.2, -0.15) is 0 Å². The van der Waals surface area contributed by atoms with Gasteiger partial charge >= 0.3 is 11.9 Å². The maximum Gasteiger partial charge on any atom is 0.306 e. The third-order valence-corrected chi connectivity index (χ3v) is 12.9. The summed E-state index contributed by atoms with van der Waals surface area (Å²) in [6.07, 6.45) is 46.5. The van der Waals surface area contributed by atoms with Gasteiger partial charge in [0.2, 0.25) is 0 Å². The SMILES string of the molecule is CCCCCCCCC(CCCCCCCC)OC(=O)CCCCCCCC(CCCCCCCC(=O)OCCC(CC)CCCCCC)NC1CCCOCCC1. The van der Waals surface area contributed by atoms with Crippen LogP contribution in [-0.2, 0) is 23.8 Å². The van der Waals surface area contributed by atoms with Gasteiger partial charge in [0, 0.05) is 38.1 Å². The average molecular weight is 820 g/mol. The Kier molecular flexibility index (Phi) is 40.3. The zero-order chi connectivity index (χ0) is 42.0. The minimum Gasteiger partial charge on any atom is -0.466 e. The summed E-state index contributed by atoms with van der Waals surface area (Å²) < 4.78 is 17.4. The first-order chi connectivity index (χ1) is 28.5. The second-order valence-corrected chi connectivity index (χ2v) is 18.4. The molecule has 0 saturated carbocycles. The van der Waals surface area contributed by atoms with Crippen LogP contribution in [0.3, 0.4) is 0 Å². The molecular formula is C52H101NO5. The van der Waals surface area contributed by atoms with Gasteiger partial charge in [0.15, 0.2) is 0 Å². The molecule has 1 aliphatic heterocycles. The predicted octanol–water partition coefficient (Wildman–Crippen LogP) is 15.7. The molecule has 0 aliphatic carbocycles. The molecule has 1 heterocycles. The van der Waals surface area contributed by atoms with Gasteiger partial charge in [-0.25, -0.2) is 0 Å². The van der Waals surface area contributed by atoms with Crippen LogP contribution in [0.25, 0.3) is 0 Å². The molecule has 2 atom stereocenters. The summed E-state index contributed by atoms with van der Waals surface area (Å²) in [5.41, 5.74) is 0. The summed E-state index contributed by atoms with van der Waals surface area (Å²) in [5, 5.41) is 4.10. The van der Waals surface area contributed by atoms with Crippen LogP contribution in [0.5, 0.6) is 0 Å². The van der Waals surface area contributed by atoms with Crippen LogP contribution in [0.2, 0.25) is 0 Å². The van der Waals surface area contributed by atoms with E-state index in [-0.39, 0.29) is 18.0 Å². The zero-order valence-corrected chi connectivity index (χ0v) is 39.5. The number of carbonyl (C=O) groups is 2. The van der Waals surface area contributed by atoms with Crippen molar-refractivity contribution in [3.8, 4) is 0 Å². The first kappa shape index (κ1) is 54.9. The minimum atomic E-state index is 0.000813. The van der Waals surface area contributed by atoms with Crippen molar-refractivity contribution >= 4 is 11.9 Å². The van der Waals surface area contributed by atoms with Crippen LogP contribution in [0, 0.1) is 5.92 Å². The van der Waals surface area contributed by atoms with Gasteiger partial charge in [-0.1, -0.05) is 182 Å². The Hall–Kier alpha value is -1.14. The van der Waals surface area contributed by atoms with E-state index in [1.165, 1.54) is 180 Å². The lowest BCUT2D eigenvalue weighted by atomic mass is 9.95. The molecule has 1 fully saturated rings. The molecular weight excluding hydrogens is 719 g/mol. The molecule has 2 unspecified atom stereocenters. The molecule has 0 aromatic rings. The topological polar surface area (TPSA) is 73.9 Å². The van der Waals surface area contributed by atoms with Crippen molar-refractivity contribution in [1.29, 1.82) is 0 Å². The normalized spacial score (nSPS) is 15.0. The number of nitrogens with one attached hydrogen (secondary N) is 1. The van der Waals surface area contributed by atoms with Gasteiger partial charge in [0.1, 0.15) is 6.10 Å². The Labute approximate surface area is 362 Å². The lowest BCUT2D eigenvalue weighted by Crippen LogP contribution is -2.39. The van der Waals surface area contributed by atoms with Crippen molar-refractivity contribution in [2.45, 2.75) is 296 Å². The number of rotatable bonds is 42. The van der Waals surface area contributed by atoms with Gasteiger partial charge in [-0.3, -0.25) is 9.59 Å². The third kappa shape index (κ3) is 35.6. The molecule has 6 heteroatoms. The third-order valence-electron chi connectivity index (χ3n) is 12.9. The number of esters is 2. The quantitative estimate of drug-likeness (QED) is 0.0488. The Balaban J connectivity index is 2.33. The molecule has 0 aromatic heterocycles. The van der Waals surface area contributed by atoms with E-state index in [9.17, 15) is 9.59 Å². The predicted molar refractivity (Wildman–Crippen MR) is 249 cm³/mol. The molecule has 1 rings (SSSR count). The maximum absolute atomic E-state index is 12.9. The van der Waals surface area contributed by atoms with Crippen molar-refractivity contribution in [2.24, 2.45) is 5.92 Å². The van der Waals surface area contributed by atoms with Crippen LogP contribution >= 0.6 is 0 Å². The summed E-state index contributed by atoms with van der Waals surface area (Å²) in [6.45, 7) is 11.5. The van der Waals surface area contributed by atoms with Gasteiger partial charge in [0.25, 0.3) is 0 Å². The van der Waals surface area contributed by atoms with Crippen molar-refractivity contribution in [3.63, 3.8) is 0 Å². The second kappa shape index (κ2) is 42.5. The highest BCUT2D eigenvalue weighted by atomic mass is 16.5. The number of carbonyl (C=O) groups excluding carboxylic acids is 2. The van der Waals surface area contributed by atoms with E-state index in [1.807, 2.05) is 0 Å². The lowest BCUT2D eigenvalue weighted by molar-refractivity contribution is -0.150.